The van der Waals surface area contributed by atoms with Crippen molar-refractivity contribution in [1.82, 2.24) is 20.6 Å². The first kappa shape index (κ1) is 16.1. The van der Waals surface area contributed by atoms with Crippen molar-refractivity contribution in [2.24, 2.45) is 0 Å². The average molecular weight is 304 g/mol. The van der Waals surface area contributed by atoms with Gasteiger partial charge in [0.15, 0.2) is 0 Å². The Balaban J connectivity index is 1.52. The molecule has 2 aromatic heterocycles. The Bertz CT molecular complexity index is 513. The van der Waals surface area contributed by atoms with Gasteiger partial charge < -0.3 is 10.6 Å². The lowest BCUT2D eigenvalue weighted by molar-refractivity contribution is 0.530. The first-order chi connectivity index (χ1) is 10.3. The number of nitrogens with one attached hydrogen (secondary N) is 2. The number of pyridine rings is 1. The van der Waals surface area contributed by atoms with Crippen molar-refractivity contribution in [2.45, 2.75) is 39.3 Å². The van der Waals surface area contributed by atoms with Gasteiger partial charge in [-0.05, 0) is 51.4 Å². The van der Waals surface area contributed by atoms with Crippen LogP contribution in [0.25, 0.3) is 0 Å². The number of hydrogen-bond donors (Lipinski definition) is 2. The van der Waals surface area contributed by atoms with Crippen LogP contribution in [0.5, 0.6) is 0 Å². The molecule has 2 rings (SSSR count). The molecule has 1 atom stereocenters. The Hall–Kier alpha value is -1.30. The third-order valence-electron chi connectivity index (χ3n) is 3.46. The Morgan fingerprint density at radius 3 is 2.81 bits per heavy atom. The monoisotopic (exact) mass is 304 g/mol. The Morgan fingerprint density at radius 1 is 1.19 bits per heavy atom. The highest BCUT2D eigenvalue weighted by molar-refractivity contribution is 7.09. The minimum absolute atomic E-state index is 0.356. The lowest BCUT2D eigenvalue weighted by Gasteiger charge is -2.11. The topological polar surface area (TPSA) is 49.8 Å². The standard InChI is InChI=1S/C16H24N4S/c1-13-6-5-9-19-15(13)12-17-7-3-4-8-18-14(2)16-20-10-11-21-16/h5-6,9-11,14,17-18H,3-4,7-8,12H2,1-2H3. The number of hydrogen-bond acceptors (Lipinski definition) is 5. The van der Waals surface area contributed by atoms with E-state index in [9.17, 15) is 0 Å². The van der Waals surface area contributed by atoms with E-state index >= 15 is 0 Å². The Kier molecular flexibility index (Phi) is 6.79. The Morgan fingerprint density at radius 2 is 2.05 bits per heavy atom. The van der Waals surface area contributed by atoms with E-state index in [-0.39, 0.29) is 0 Å². The number of nitrogens with zero attached hydrogens (tertiary/aromatic N) is 2. The first-order valence-corrected chi connectivity index (χ1v) is 8.39. The van der Waals surface area contributed by atoms with Crippen LogP contribution in [-0.4, -0.2) is 23.1 Å². The van der Waals surface area contributed by atoms with Gasteiger partial charge in [-0.1, -0.05) is 6.07 Å². The average Bonchev–Trinajstić information content (AvgIpc) is 3.02. The molecular formula is C16H24N4S. The van der Waals surface area contributed by atoms with E-state index in [0.717, 1.165) is 25.3 Å². The summed E-state index contributed by atoms with van der Waals surface area (Å²) in [5.41, 5.74) is 2.40. The van der Waals surface area contributed by atoms with Gasteiger partial charge in [0, 0.05) is 24.3 Å². The van der Waals surface area contributed by atoms with Gasteiger partial charge in [0.05, 0.1) is 11.7 Å². The molecule has 2 aromatic rings. The minimum Gasteiger partial charge on any atom is -0.311 e. The highest BCUT2D eigenvalue weighted by atomic mass is 32.1. The molecule has 0 bridgehead atoms. The molecule has 4 nitrogen and oxygen atoms in total. The summed E-state index contributed by atoms with van der Waals surface area (Å²) in [6, 6.07) is 4.44. The molecule has 2 heterocycles. The van der Waals surface area contributed by atoms with Crippen LogP contribution >= 0.6 is 11.3 Å². The van der Waals surface area contributed by atoms with Crippen LogP contribution in [0, 0.1) is 6.92 Å². The predicted octanol–water partition coefficient (Wildman–Crippen LogP) is 3.07. The molecule has 0 aliphatic rings. The van der Waals surface area contributed by atoms with Crippen molar-refractivity contribution in [1.29, 1.82) is 0 Å². The lowest BCUT2D eigenvalue weighted by atomic mass is 10.2. The summed E-state index contributed by atoms with van der Waals surface area (Å²) >= 11 is 1.71. The number of thiazole rings is 1. The second kappa shape index (κ2) is 8.87. The summed E-state index contributed by atoms with van der Waals surface area (Å²) in [6.45, 7) is 7.19. The van der Waals surface area contributed by atoms with Crippen LogP contribution in [0.1, 0.15) is 42.1 Å². The van der Waals surface area contributed by atoms with Crippen LogP contribution in [0.2, 0.25) is 0 Å². The molecule has 0 amide bonds. The molecule has 0 saturated carbocycles. The van der Waals surface area contributed by atoms with E-state index in [0.29, 0.717) is 6.04 Å². The van der Waals surface area contributed by atoms with Gasteiger partial charge in [0.2, 0.25) is 0 Å². The lowest BCUT2D eigenvalue weighted by Crippen LogP contribution is -2.21. The molecule has 5 heteroatoms. The van der Waals surface area contributed by atoms with E-state index < -0.39 is 0 Å². The van der Waals surface area contributed by atoms with E-state index in [2.05, 4.69) is 40.5 Å². The van der Waals surface area contributed by atoms with E-state index in [4.69, 9.17) is 0 Å². The fourth-order valence-electron chi connectivity index (χ4n) is 2.14. The van der Waals surface area contributed by atoms with Gasteiger partial charge in [0.25, 0.3) is 0 Å². The van der Waals surface area contributed by atoms with Crippen LogP contribution in [0.15, 0.2) is 29.9 Å². The second-order valence-electron chi connectivity index (χ2n) is 5.20. The molecule has 0 spiro atoms. The maximum Gasteiger partial charge on any atom is 0.109 e. The third kappa shape index (κ3) is 5.53. The minimum atomic E-state index is 0.356. The van der Waals surface area contributed by atoms with Crippen molar-refractivity contribution >= 4 is 11.3 Å². The van der Waals surface area contributed by atoms with Crippen molar-refractivity contribution in [3.63, 3.8) is 0 Å². The van der Waals surface area contributed by atoms with Gasteiger partial charge in [-0.25, -0.2) is 4.98 Å². The van der Waals surface area contributed by atoms with Gasteiger partial charge in [-0.15, -0.1) is 11.3 Å². The smallest absolute Gasteiger partial charge is 0.109 e. The summed E-state index contributed by atoms with van der Waals surface area (Å²) in [6.07, 6.45) is 6.06. The number of rotatable bonds is 9. The SMILES string of the molecule is Cc1cccnc1CNCCCCNC(C)c1nccs1. The molecule has 0 aliphatic carbocycles. The van der Waals surface area contributed by atoms with Crippen LogP contribution in [-0.2, 0) is 6.54 Å². The molecule has 0 aliphatic heterocycles. The highest BCUT2D eigenvalue weighted by Crippen LogP contribution is 2.14. The fourth-order valence-corrected chi connectivity index (χ4v) is 2.81. The van der Waals surface area contributed by atoms with E-state index in [1.807, 2.05) is 23.8 Å². The molecular weight excluding hydrogens is 280 g/mol. The predicted molar refractivity (Wildman–Crippen MR) is 88.4 cm³/mol. The molecule has 1 unspecified atom stereocenters. The van der Waals surface area contributed by atoms with Gasteiger partial charge in [-0.3, -0.25) is 4.98 Å². The van der Waals surface area contributed by atoms with Crippen LogP contribution < -0.4 is 10.6 Å². The summed E-state index contributed by atoms with van der Waals surface area (Å²) in [7, 11) is 0. The fraction of sp³-hybridized carbons (Fsp3) is 0.500. The van der Waals surface area contributed by atoms with Crippen molar-refractivity contribution in [3.8, 4) is 0 Å². The first-order valence-electron chi connectivity index (χ1n) is 7.51. The number of aromatic nitrogens is 2. The Labute approximate surface area is 131 Å². The molecule has 0 aromatic carbocycles. The molecule has 114 valence electrons. The normalized spacial score (nSPS) is 12.5. The van der Waals surface area contributed by atoms with Gasteiger partial charge in [0.1, 0.15) is 5.01 Å². The summed E-state index contributed by atoms with van der Waals surface area (Å²) in [4.78, 5) is 8.71. The number of aryl methyl sites for hydroxylation is 1. The van der Waals surface area contributed by atoms with Crippen molar-refractivity contribution < 1.29 is 0 Å². The quantitative estimate of drug-likeness (QED) is 0.699. The maximum atomic E-state index is 4.38. The summed E-state index contributed by atoms with van der Waals surface area (Å²) < 4.78 is 0. The molecule has 2 N–H and O–H groups in total. The van der Waals surface area contributed by atoms with Gasteiger partial charge in [-0.2, -0.15) is 0 Å². The summed E-state index contributed by atoms with van der Waals surface area (Å²) in [5.74, 6) is 0. The molecule has 0 radical (unpaired) electrons. The van der Waals surface area contributed by atoms with Crippen molar-refractivity contribution in [2.75, 3.05) is 13.1 Å². The zero-order chi connectivity index (χ0) is 14.9. The molecule has 0 saturated heterocycles. The summed E-state index contributed by atoms with van der Waals surface area (Å²) in [5, 5.41) is 10.2. The number of unbranched alkanes of at least 4 members (excludes halogenated alkanes) is 1. The van der Waals surface area contributed by atoms with E-state index in [1.54, 1.807) is 11.3 Å². The largest absolute Gasteiger partial charge is 0.311 e. The van der Waals surface area contributed by atoms with Crippen molar-refractivity contribution in [3.05, 3.63) is 46.2 Å². The van der Waals surface area contributed by atoms with Crippen LogP contribution in [0.3, 0.4) is 0 Å². The highest BCUT2D eigenvalue weighted by Gasteiger charge is 2.05. The zero-order valence-electron chi connectivity index (χ0n) is 12.8. The van der Waals surface area contributed by atoms with E-state index in [1.165, 1.54) is 23.4 Å². The maximum absolute atomic E-state index is 4.38. The molecule has 0 fully saturated rings. The molecule has 21 heavy (non-hydrogen) atoms. The second-order valence-corrected chi connectivity index (χ2v) is 6.12. The zero-order valence-corrected chi connectivity index (χ0v) is 13.6. The third-order valence-corrected chi connectivity index (χ3v) is 4.42. The van der Waals surface area contributed by atoms with Gasteiger partial charge >= 0.3 is 0 Å². The van der Waals surface area contributed by atoms with Crippen LogP contribution in [0.4, 0.5) is 0 Å².